The van der Waals surface area contributed by atoms with Crippen LogP contribution in [0.5, 0.6) is 0 Å². The summed E-state index contributed by atoms with van der Waals surface area (Å²) in [5, 5.41) is 0. The number of halogens is 2. The molecular weight excluding hydrogens is 574 g/mol. The molecule has 0 bridgehead atoms. The van der Waals surface area contributed by atoms with Crippen molar-refractivity contribution in [2.24, 2.45) is 0 Å². The molecule has 2 rings (SSSR count). The van der Waals surface area contributed by atoms with Crippen LogP contribution in [0, 0.1) is 0 Å². The topological polar surface area (TPSA) is 17.6 Å². The number of imidazole rings is 2. The van der Waals surface area contributed by atoms with Crippen molar-refractivity contribution >= 4 is 0 Å². The zero-order valence-corrected chi connectivity index (χ0v) is 22.2. The zero-order chi connectivity index (χ0) is 18.5. The van der Waals surface area contributed by atoms with Crippen molar-refractivity contribution in [3.63, 3.8) is 0 Å². The van der Waals surface area contributed by atoms with E-state index in [9.17, 15) is 0 Å². The molecule has 2 aromatic heterocycles. The fraction of sp³-hybridized carbons (Fsp3) is 0.727. The Bertz CT molecular complexity index is 543. The van der Waals surface area contributed by atoms with Crippen LogP contribution < -0.4 is 57.1 Å². The van der Waals surface area contributed by atoms with E-state index in [0.717, 1.165) is 13.1 Å². The summed E-state index contributed by atoms with van der Waals surface area (Å²) < 4.78 is 9.11. The largest absolute Gasteiger partial charge is 1.00 e. The maximum atomic E-state index is 2.32. The van der Waals surface area contributed by atoms with Gasteiger partial charge in [-0.05, 0) is 39.5 Å². The maximum absolute atomic E-state index is 2.32. The van der Waals surface area contributed by atoms with Gasteiger partial charge in [-0.15, -0.1) is 0 Å². The summed E-state index contributed by atoms with van der Waals surface area (Å²) in [5.74, 6) is 0. The molecule has 0 saturated heterocycles. The number of hydrogen-bond donors (Lipinski definition) is 0. The number of unbranched alkanes of at least 4 members (excludes halogenated alkanes) is 9. The van der Waals surface area contributed by atoms with Crippen molar-refractivity contribution < 1.29 is 57.1 Å². The highest BCUT2D eigenvalue weighted by Crippen LogP contribution is 2.10. The van der Waals surface area contributed by atoms with Crippen molar-refractivity contribution in [2.45, 2.75) is 104 Å². The Morgan fingerprint density at radius 1 is 0.536 bits per heavy atom. The molecule has 0 fully saturated rings. The van der Waals surface area contributed by atoms with E-state index in [2.05, 4.69) is 69.6 Å². The van der Waals surface area contributed by atoms with Gasteiger partial charge >= 0.3 is 0 Å². The van der Waals surface area contributed by atoms with Crippen molar-refractivity contribution in [2.75, 3.05) is 0 Å². The quantitative estimate of drug-likeness (QED) is 0.132. The van der Waals surface area contributed by atoms with Gasteiger partial charge in [-0.25, -0.2) is 18.3 Å². The van der Waals surface area contributed by atoms with Gasteiger partial charge in [0.25, 0.3) is 0 Å². The van der Waals surface area contributed by atoms with Gasteiger partial charge in [0.1, 0.15) is 24.8 Å². The monoisotopic (exact) mass is 614 g/mol. The predicted molar refractivity (Wildman–Crippen MR) is 107 cm³/mol. The van der Waals surface area contributed by atoms with Crippen LogP contribution in [0.2, 0.25) is 0 Å². The maximum Gasteiger partial charge on any atom is 0.243 e. The van der Waals surface area contributed by atoms with Crippen LogP contribution in [0.25, 0.3) is 0 Å². The van der Waals surface area contributed by atoms with Gasteiger partial charge in [-0.3, -0.25) is 0 Å². The van der Waals surface area contributed by atoms with Gasteiger partial charge in [0.15, 0.2) is 0 Å². The molecule has 0 aromatic carbocycles. The second-order valence-electron chi connectivity index (χ2n) is 7.50. The molecule has 0 unspecified atom stereocenters. The van der Waals surface area contributed by atoms with Crippen LogP contribution in [0.15, 0.2) is 37.4 Å². The molecule has 4 nitrogen and oxygen atoms in total. The standard InChI is InChI=1S/C22H40N4.2HI/c1-3-23-17-19-25(21-23)15-13-11-9-7-5-6-8-10-12-14-16-26-20-18-24(4-2)22-26;;/h17-22H,3-16H2,1-2H3;2*1H/q+2;;/p-2. The molecule has 28 heavy (non-hydrogen) atoms. The first-order valence-electron chi connectivity index (χ1n) is 10.9. The normalized spacial score (nSPS) is 10.5. The molecule has 0 amide bonds. The minimum Gasteiger partial charge on any atom is -1.00 e. The highest BCUT2D eigenvalue weighted by molar-refractivity contribution is 4.65. The average molecular weight is 614 g/mol. The van der Waals surface area contributed by atoms with Gasteiger partial charge in [0, 0.05) is 0 Å². The molecule has 0 saturated carbocycles. The third kappa shape index (κ3) is 11.8. The second-order valence-corrected chi connectivity index (χ2v) is 7.50. The Morgan fingerprint density at radius 3 is 1.14 bits per heavy atom. The number of hydrogen-bond acceptors (Lipinski definition) is 0. The first-order valence-corrected chi connectivity index (χ1v) is 10.9. The smallest absolute Gasteiger partial charge is 0.243 e. The van der Waals surface area contributed by atoms with Crippen LogP contribution in [0.4, 0.5) is 0 Å². The van der Waals surface area contributed by atoms with Crippen molar-refractivity contribution in [1.29, 1.82) is 0 Å². The number of aromatic nitrogens is 4. The minimum absolute atomic E-state index is 0. The summed E-state index contributed by atoms with van der Waals surface area (Å²) >= 11 is 0. The summed E-state index contributed by atoms with van der Waals surface area (Å²) in [6.45, 7) is 8.86. The Labute approximate surface area is 206 Å². The summed E-state index contributed by atoms with van der Waals surface area (Å²) in [4.78, 5) is 0. The predicted octanol–water partition coefficient (Wildman–Crippen LogP) is -1.49. The lowest BCUT2D eigenvalue weighted by Gasteiger charge is -2.02. The van der Waals surface area contributed by atoms with Gasteiger partial charge in [-0.2, -0.15) is 0 Å². The molecule has 6 heteroatoms. The van der Waals surface area contributed by atoms with Gasteiger partial charge in [0.2, 0.25) is 12.7 Å². The minimum atomic E-state index is 0. The van der Waals surface area contributed by atoms with Crippen LogP contribution >= 0.6 is 0 Å². The van der Waals surface area contributed by atoms with Crippen molar-refractivity contribution in [3.8, 4) is 0 Å². The Balaban J connectivity index is 0.00000364. The van der Waals surface area contributed by atoms with Crippen LogP contribution in [0.3, 0.4) is 0 Å². The summed E-state index contributed by atoms with van der Waals surface area (Å²) in [5.41, 5.74) is 0. The molecule has 0 N–H and O–H groups in total. The van der Waals surface area contributed by atoms with Gasteiger partial charge in [0.05, 0.1) is 26.2 Å². The zero-order valence-electron chi connectivity index (χ0n) is 17.9. The molecule has 2 heterocycles. The van der Waals surface area contributed by atoms with E-state index >= 15 is 0 Å². The fourth-order valence-corrected chi connectivity index (χ4v) is 3.52. The molecular formula is C22H40I2N4. The molecule has 162 valence electrons. The molecule has 2 aromatic rings. The number of rotatable bonds is 15. The third-order valence-corrected chi connectivity index (χ3v) is 5.31. The molecule has 0 atom stereocenters. The second kappa shape index (κ2) is 17.7. The lowest BCUT2D eigenvalue weighted by molar-refractivity contribution is -0.697. The van der Waals surface area contributed by atoms with E-state index in [0.29, 0.717) is 0 Å². The first-order chi connectivity index (χ1) is 12.8. The number of aryl methyl sites for hydroxylation is 4. The highest BCUT2D eigenvalue weighted by Gasteiger charge is 2.02. The molecule has 0 radical (unpaired) electrons. The average Bonchev–Trinajstić information content (AvgIpc) is 3.31. The van der Waals surface area contributed by atoms with E-state index in [1.165, 1.54) is 77.3 Å². The van der Waals surface area contributed by atoms with Gasteiger partial charge in [-0.1, -0.05) is 38.5 Å². The van der Waals surface area contributed by atoms with Crippen LogP contribution in [-0.2, 0) is 26.2 Å². The summed E-state index contributed by atoms with van der Waals surface area (Å²) in [6, 6.07) is 0. The van der Waals surface area contributed by atoms with E-state index in [1.807, 2.05) is 0 Å². The van der Waals surface area contributed by atoms with E-state index < -0.39 is 0 Å². The summed E-state index contributed by atoms with van der Waals surface area (Å²) in [6.07, 6.45) is 27.0. The Morgan fingerprint density at radius 2 is 0.857 bits per heavy atom. The molecule has 0 aliphatic carbocycles. The Hall–Kier alpha value is -0.120. The van der Waals surface area contributed by atoms with Crippen molar-refractivity contribution in [3.05, 3.63) is 37.4 Å². The van der Waals surface area contributed by atoms with E-state index in [-0.39, 0.29) is 48.0 Å². The van der Waals surface area contributed by atoms with Gasteiger partial charge < -0.3 is 48.0 Å². The van der Waals surface area contributed by atoms with E-state index in [1.54, 1.807) is 0 Å². The fourth-order valence-electron chi connectivity index (χ4n) is 3.52. The van der Waals surface area contributed by atoms with Crippen LogP contribution in [-0.4, -0.2) is 9.13 Å². The Kier molecular flexibility index (Phi) is 17.6. The lowest BCUT2D eigenvalue weighted by atomic mass is 10.1. The first kappa shape index (κ1) is 27.9. The lowest BCUT2D eigenvalue weighted by Crippen LogP contribution is -3.00. The van der Waals surface area contributed by atoms with E-state index in [4.69, 9.17) is 0 Å². The van der Waals surface area contributed by atoms with Crippen LogP contribution in [0.1, 0.15) is 78.1 Å². The summed E-state index contributed by atoms with van der Waals surface area (Å²) in [7, 11) is 0. The molecule has 0 aliphatic heterocycles. The SMILES string of the molecule is CCn1cc[n+](CCCCCCCCCCCC[n+]2ccn(CC)c2)c1.[I-].[I-]. The van der Waals surface area contributed by atoms with Crippen molar-refractivity contribution in [1.82, 2.24) is 9.13 Å². The molecule has 0 aliphatic rings. The number of nitrogens with zero attached hydrogens (tertiary/aromatic N) is 4. The molecule has 0 spiro atoms. The highest BCUT2D eigenvalue weighted by atomic mass is 127. The third-order valence-electron chi connectivity index (χ3n) is 5.31.